The third kappa shape index (κ3) is 4.39. The van der Waals surface area contributed by atoms with E-state index in [1.54, 1.807) is 26.0 Å². The first kappa shape index (κ1) is 18.8. The number of rotatable bonds is 5. The predicted octanol–water partition coefficient (Wildman–Crippen LogP) is 2.65. The maximum Gasteiger partial charge on any atom is 0.277 e. The number of aromatic nitrogens is 4. The van der Waals surface area contributed by atoms with Crippen LogP contribution < -0.4 is 10.9 Å². The van der Waals surface area contributed by atoms with Crippen molar-refractivity contribution in [3.05, 3.63) is 62.6 Å². The van der Waals surface area contributed by atoms with E-state index in [0.717, 1.165) is 5.56 Å². The Morgan fingerprint density at radius 1 is 1.30 bits per heavy atom. The van der Waals surface area contributed by atoms with Crippen LogP contribution in [0.1, 0.15) is 32.7 Å². The number of carbonyl (C=O) groups excluding carboxylic acids is 1. The number of hydrogen-bond donors (Lipinski definition) is 2. The molecule has 0 radical (unpaired) electrons. The number of carbonyl (C=O) groups is 1. The van der Waals surface area contributed by atoms with Crippen molar-refractivity contribution in [1.29, 1.82) is 5.26 Å². The number of nitrogens with zero attached hydrogens (tertiary/aromatic N) is 4. The van der Waals surface area contributed by atoms with Crippen molar-refractivity contribution in [2.45, 2.75) is 23.9 Å². The van der Waals surface area contributed by atoms with Gasteiger partial charge in [0.25, 0.3) is 11.5 Å². The number of H-pyrrole nitrogens is 1. The largest absolute Gasteiger partial charge is 0.296 e. The van der Waals surface area contributed by atoms with Gasteiger partial charge in [-0.2, -0.15) is 10.4 Å². The zero-order chi connectivity index (χ0) is 19.4. The lowest BCUT2D eigenvalue weighted by molar-refractivity contribution is 0.102. The van der Waals surface area contributed by atoms with Gasteiger partial charge in [0.1, 0.15) is 5.56 Å². The van der Waals surface area contributed by atoms with Crippen LogP contribution in [0.25, 0.3) is 0 Å². The topological polar surface area (TPSA) is 124 Å². The molecule has 0 aliphatic heterocycles. The zero-order valence-corrected chi connectivity index (χ0v) is 16.1. The quantitative estimate of drug-likeness (QED) is 0.500. The van der Waals surface area contributed by atoms with Crippen LogP contribution in [0.15, 0.2) is 33.4 Å². The summed E-state index contributed by atoms with van der Waals surface area (Å²) in [5.41, 5.74) is 2.24. The zero-order valence-electron chi connectivity index (χ0n) is 14.4. The van der Waals surface area contributed by atoms with E-state index in [4.69, 9.17) is 5.26 Å². The van der Waals surface area contributed by atoms with Crippen molar-refractivity contribution in [2.24, 2.45) is 0 Å². The molecule has 1 amide bonds. The second-order valence-corrected chi connectivity index (χ2v) is 7.76. The van der Waals surface area contributed by atoms with Crippen molar-refractivity contribution in [3.8, 4) is 6.07 Å². The molecule has 0 saturated heterocycles. The van der Waals surface area contributed by atoms with E-state index in [0.29, 0.717) is 32.0 Å². The van der Waals surface area contributed by atoms with Crippen LogP contribution >= 0.6 is 23.1 Å². The summed E-state index contributed by atoms with van der Waals surface area (Å²) in [7, 11) is 0. The van der Waals surface area contributed by atoms with E-state index >= 15 is 0 Å². The number of aromatic amines is 1. The average molecular weight is 398 g/mol. The predicted molar refractivity (Wildman–Crippen MR) is 103 cm³/mol. The minimum Gasteiger partial charge on any atom is -0.296 e. The number of thioether (sulfide) groups is 1. The molecule has 27 heavy (non-hydrogen) atoms. The number of benzene rings is 1. The van der Waals surface area contributed by atoms with Crippen LogP contribution in [0.2, 0.25) is 0 Å². The number of nitrogens with one attached hydrogen (secondary N) is 2. The molecule has 10 heteroatoms. The fraction of sp³-hybridized carbons (Fsp3) is 0.176. The summed E-state index contributed by atoms with van der Waals surface area (Å²) in [5.74, 6) is 0.121. The number of anilines is 1. The summed E-state index contributed by atoms with van der Waals surface area (Å²) < 4.78 is 0.686. The number of amides is 1. The van der Waals surface area contributed by atoms with Crippen molar-refractivity contribution >= 4 is 34.1 Å². The molecular weight excluding hydrogens is 384 g/mol. The second-order valence-electron chi connectivity index (χ2n) is 5.56. The van der Waals surface area contributed by atoms with E-state index in [-0.39, 0.29) is 5.56 Å². The molecule has 1 aromatic carbocycles. The molecule has 0 bridgehead atoms. The van der Waals surface area contributed by atoms with Gasteiger partial charge in [-0.25, -0.2) is 5.10 Å². The van der Waals surface area contributed by atoms with E-state index in [1.807, 2.05) is 12.1 Å². The van der Waals surface area contributed by atoms with Crippen molar-refractivity contribution in [1.82, 2.24) is 20.4 Å². The van der Waals surface area contributed by atoms with Crippen molar-refractivity contribution in [2.75, 3.05) is 5.32 Å². The summed E-state index contributed by atoms with van der Waals surface area (Å²) >= 11 is 2.70. The highest BCUT2D eigenvalue weighted by atomic mass is 32.2. The Labute approximate surface area is 162 Å². The van der Waals surface area contributed by atoms with E-state index in [9.17, 15) is 9.59 Å². The van der Waals surface area contributed by atoms with Gasteiger partial charge < -0.3 is 0 Å². The minimum absolute atomic E-state index is 0.0180. The Kier molecular flexibility index (Phi) is 5.63. The lowest BCUT2D eigenvalue weighted by Crippen LogP contribution is -2.26. The third-order valence-corrected chi connectivity index (χ3v) is 5.81. The molecule has 2 N–H and O–H groups in total. The molecule has 2 aromatic heterocycles. The molecule has 0 saturated carbocycles. The fourth-order valence-electron chi connectivity index (χ4n) is 2.20. The highest BCUT2D eigenvalue weighted by Gasteiger charge is 2.18. The molecule has 0 unspecified atom stereocenters. The van der Waals surface area contributed by atoms with Crippen LogP contribution in [-0.4, -0.2) is 26.3 Å². The average Bonchev–Trinajstić information content (AvgIpc) is 3.11. The first-order chi connectivity index (χ1) is 13.0. The van der Waals surface area contributed by atoms with Gasteiger partial charge in [0, 0.05) is 5.75 Å². The van der Waals surface area contributed by atoms with E-state index in [1.165, 1.54) is 23.1 Å². The summed E-state index contributed by atoms with van der Waals surface area (Å²) in [6.07, 6.45) is 0. The van der Waals surface area contributed by atoms with Crippen LogP contribution in [0.5, 0.6) is 0 Å². The van der Waals surface area contributed by atoms with Gasteiger partial charge in [-0.3, -0.25) is 14.9 Å². The minimum atomic E-state index is -0.546. The number of hydrogen-bond acceptors (Lipinski definition) is 8. The Hall–Kier alpha value is -3.03. The Morgan fingerprint density at radius 2 is 2.04 bits per heavy atom. The molecule has 0 spiro atoms. The van der Waals surface area contributed by atoms with Crippen LogP contribution in [-0.2, 0) is 5.75 Å². The van der Waals surface area contributed by atoms with Crippen molar-refractivity contribution < 1.29 is 4.79 Å². The fourth-order valence-corrected chi connectivity index (χ4v) is 3.90. The normalized spacial score (nSPS) is 10.4. The SMILES string of the molecule is Cc1n[nH]c(=O)c(C(=O)Nc2nnc(SCc3ccc(C#N)cc3)s2)c1C. The summed E-state index contributed by atoms with van der Waals surface area (Å²) in [4.78, 5) is 24.3. The standard InChI is InChI=1S/C17H14N6O2S2/c1-9-10(2)20-21-15(25)13(9)14(24)19-16-22-23-17(27-16)26-8-12-5-3-11(7-18)4-6-12/h3-6H,8H2,1-2H3,(H,21,25)(H,19,22,24). The van der Waals surface area contributed by atoms with Gasteiger partial charge in [-0.1, -0.05) is 35.2 Å². The summed E-state index contributed by atoms with van der Waals surface area (Å²) in [5, 5.41) is 25.9. The lowest BCUT2D eigenvalue weighted by Gasteiger charge is -2.05. The van der Waals surface area contributed by atoms with Gasteiger partial charge in [-0.05, 0) is 37.1 Å². The van der Waals surface area contributed by atoms with Gasteiger partial charge in [0.05, 0.1) is 17.3 Å². The van der Waals surface area contributed by atoms with Gasteiger partial charge in [0.2, 0.25) is 5.13 Å². The molecule has 8 nitrogen and oxygen atoms in total. The Morgan fingerprint density at radius 3 is 2.74 bits per heavy atom. The second kappa shape index (κ2) is 8.11. The maximum absolute atomic E-state index is 12.4. The Bertz CT molecular complexity index is 1080. The highest BCUT2D eigenvalue weighted by molar-refractivity contribution is 8.00. The lowest BCUT2D eigenvalue weighted by atomic mass is 10.1. The van der Waals surface area contributed by atoms with Crippen LogP contribution in [0.3, 0.4) is 0 Å². The number of nitriles is 1. The van der Waals surface area contributed by atoms with Crippen molar-refractivity contribution in [3.63, 3.8) is 0 Å². The monoisotopic (exact) mass is 398 g/mol. The summed E-state index contributed by atoms with van der Waals surface area (Å²) in [6, 6.07) is 9.37. The smallest absolute Gasteiger partial charge is 0.277 e. The molecular formula is C17H14N6O2S2. The van der Waals surface area contributed by atoms with Gasteiger partial charge >= 0.3 is 0 Å². The Balaban J connectivity index is 1.66. The van der Waals surface area contributed by atoms with Gasteiger partial charge in [0.15, 0.2) is 4.34 Å². The molecule has 3 rings (SSSR count). The van der Waals surface area contributed by atoms with E-state index < -0.39 is 11.5 Å². The molecule has 3 aromatic rings. The molecule has 2 heterocycles. The molecule has 0 aliphatic rings. The first-order valence-electron chi connectivity index (χ1n) is 7.80. The molecule has 0 fully saturated rings. The third-order valence-electron chi connectivity index (χ3n) is 3.77. The van der Waals surface area contributed by atoms with Gasteiger partial charge in [-0.15, -0.1) is 10.2 Å². The van der Waals surface area contributed by atoms with Crippen LogP contribution in [0, 0.1) is 25.2 Å². The van der Waals surface area contributed by atoms with E-state index in [2.05, 4.69) is 31.8 Å². The molecule has 136 valence electrons. The first-order valence-corrected chi connectivity index (χ1v) is 9.60. The highest BCUT2D eigenvalue weighted by Crippen LogP contribution is 2.28. The molecule has 0 atom stereocenters. The van der Waals surface area contributed by atoms with Crippen LogP contribution in [0.4, 0.5) is 5.13 Å². The molecule has 0 aliphatic carbocycles. The summed E-state index contributed by atoms with van der Waals surface area (Å²) in [6.45, 7) is 3.39. The number of aryl methyl sites for hydroxylation is 1. The maximum atomic E-state index is 12.4.